The second-order valence-electron chi connectivity index (χ2n) is 3.88. The third kappa shape index (κ3) is 2.57. The first-order valence-corrected chi connectivity index (χ1v) is 5.83. The van der Waals surface area contributed by atoms with Crippen LogP contribution in [0.3, 0.4) is 0 Å². The first-order valence-electron chi connectivity index (χ1n) is 5.83. The van der Waals surface area contributed by atoms with Crippen LogP contribution in [0.2, 0.25) is 0 Å². The van der Waals surface area contributed by atoms with Crippen LogP contribution in [0.4, 0.5) is 10.2 Å². The molecule has 0 atom stereocenters. The molecule has 0 radical (unpaired) electrons. The third-order valence-corrected chi connectivity index (χ3v) is 2.61. The summed E-state index contributed by atoms with van der Waals surface area (Å²) in [6.45, 7) is 1.41. The molecule has 1 aromatic heterocycles. The molecule has 0 amide bonds. The number of carbonyl (C=O) groups excluding carboxylic acids is 1. The molecule has 0 spiro atoms. The van der Waals surface area contributed by atoms with Crippen LogP contribution in [0.5, 0.6) is 0 Å². The van der Waals surface area contributed by atoms with Crippen LogP contribution in [-0.4, -0.2) is 22.4 Å². The summed E-state index contributed by atoms with van der Waals surface area (Å²) < 4.78 is 18.9. The van der Waals surface area contributed by atoms with Gasteiger partial charge in [-0.05, 0) is 24.6 Å². The van der Waals surface area contributed by atoms with E-state index in [2.05, 4.69) is 5.10 Å². The SMILES string of the molecule is CCOC(=O)c1cnn(-c2cccc(CF)c2)c1N. The van der Waals surface area contributed by atoms with E-state index in [1.807, 2.05) is 0 Å². The number of nitrogens with two attached hydrogens (primary N) is 1. The van der Waals surface area contributed by atoms with Crippen LogP contribution in [-0.2, 0) is 11.4 Å². The number of esters is 1. The lowest BCUT2D eigenvalue weighted by molar-refractivity contribution is 0.0527. The summed E-state index contributed by atoms with van der Waals surface area (Å²) in [5.74, 6) is -0.345. The van der Waals surface area contributed by atoms with Gasteiger partial charge in [-0.3, -0.25) is 0 Å². The number of anilines is 1. The number of hydrogen-bond donors (Lipinski definition) is 1. The van der Waals surface area contributed by atoms with Gasteiger partial charge in [0.1, 0.15) is 18.1 Å². The zero-order valence-electron chi connectivity index (χ0n) is 10.5. The molecule has 2 N–H and O–H groups in total. The van der Waals surface area contributed by atoms with Crippen LogP contribution in [0.1, 0.15) is 22.8 Å². The van der Waals surface area contributed by atoms with E-state index >= 15 is 0 Å². The Kier molecular flexibility index (Phi) is 3.79. The summed E-state index contributed by atoms with van der Waals surface area (Å²) in [5.41, 5.74) is 7.18. The highest BCUT2D eigenvalue weighted by Crippen LogP contribution is 2.19. The molecule has 0 saturated heterocycles. The van der Waals surface area contributed by atoms with Crippen molar-refractivity contribution in [3.63, 3.8) is 0 Å². The number of hydrogen-bond acceptors (Lipinski definition) is 4. The second kappa shape index (κ2) is 5.51. The third-order valence-electron chi connectivity index (χ3n) is 2.61. The first-order chi connectivity index (χ1) is 9.17. The van der Waals surface area contributed by atoms with Gasteiger partial charge in [0, 0.05) is 0 Å². The summed E-state index contributed by atoms with van der Waals surface area (Å²) in [6, 6.07) is 6.72. The van der Waals surface area contributed by atoms with Gasteiger partial charge in [-0.25, -0.2) is 13.9 Å². The van der Waals surface area contributed by atoms with Crippen LogP contribution in [0.15, 0.2) is 30.5 Å². The molecule has 0 bridgehead atoms. The van der Waals surface area contributed by atoms with E-state index in [4.69, 9.17) is 10.5 Å². The minimum atomic E-state index is -0.570. The van der Waals surface area contributed by atoms with Crippen LogP contribution in [0.25, 0.3) is 5.69 Å². The van der Waals surface area contributed by atoms with Crippen LogP contribution in [0, 0.1) is 0 Å². The number of ether oxygens (including phenoxy) is 1. The van der Waals surface area contributed by atoms with E-state index in [1.54, 1.807) is 31.2 Å². The predicted molar refractivity (Wildman–Crippen MR) is 68.7 cm³/mol. The van der Waals surface area contributed by atoms with Crippen molar-refractivity contribution in [3.05, 3.63) is 41.6 Å². The molecule has 0 aliphatic rings. The number of benzene rings is 1. The number of carbonyl (C=O) groups is 1. The summed E-state index contributed by atoms with van der Waals surface area (Å²) in [7, 11) is 0. The van der Waals surface area contributed by atoms with E-state index in [1.165, 1.54) is 10.9 Å². The zero-order valence-corrected chi connectivity index (χ0v) is 10.5. The molecule has 2 aromatic rings. The predicted octanol–water partition coefficient (Wildman–Crippen LogP) is 2.10. The average Bonchev–Trinajstić information content (AvgIpc) is 2.81. The van der Waals surface area contributed by atoms with Crippen molar-refractivity contribution in [2.75, 3.05) is 12.3 Å². The molecule has 0 saturated carbocycles. The van der Waals surface area contributed by atoms with Crippen molar-refractivity contribution in [2.45, 2.75) is 13.6 Å². The minimum Gasteiger partial charge on any atom is -0.462 e. The van der Waals surface area contributed by atoms with Gasteiger partial charge in [0.15, 0.2) is 0 Å². The van der Waals surface area contributed by atoms with Crippen molar-refractivity contribution < 1.29 is 13.9 Å². The fourth-order valence-corrected chi connectivity index (χ4v) is 1.70. The fourth-order valence-electron chi connectivity index (χ4n) is 1.70. The summed E-state index contributed by atoms with van der Waals surface area (Å²) in [5, 5.41) is 4.03. The molecular formula is C13H14FN3O2. The second-order valence-corrected chi connectivity index (χ2v) is 3.88. The highest BCUT2D eigenvalue weighted by atomic mass is 19.1. The summed E-state index contributed by atoms with van der Waals surface area (Å²) >= 11 is 0. The van der Waals surface area contributed by atoms with Gasteiger partial charge >= 0.3 is 5.97 Å². The smallest absolute Gasteiger partial charge is 0.343 e. The van der Waals surface area contributed by atoms with Gasteiger partial charge in [0.2, 0.25) is 0 Å². The number of rotatable bonds is 4. The van der Waals surface area contributed by atoms with Crippen molar-refractivity contribution in [3.8, 4) is 5.69 Å². The maximum absolute atomic E-state index is 12.6. The Bertz CT molecular complexity index is 595. The molecule has 6 heteroatoms. The Morgan fingerprint density at radius 2 is 2.32 bits per heavy atom. The molecule has 0 fully saturated rings. The maximum Gasteiger partial charge on any atom is 0.343 e. The fraction of sp³-hybridized carbons (Fsp3) is 0.231. The van der Waals surface area contributed by atoms with Crippen molar-refractivity contribution >= 4 is 11.8 Å². The number of alkyl halides is 1. The van der Waals surface area contributed by atoms with Crippen molar-refractivity contribution in [1.29, 1.82) is 0 Å². The lowest BCUT2D eigenvalue weighted by Crippen LogP contribution is -2.09. The number of aromatic nitrogens is 2. The highest BCUT2D eigenvalue weighted by molar-refractivity contribution is 5.94. The lowest BCUT2D eigenvalue weighted by Gasteiger charge is -2.06. The van der Waals surface area contributed by atoms with Gasteiger partial charge in [0.25, 0.3) is 0 Å². The molecule has 0 aliphatic carbocycles. The number of halogens is 1. The topological polar surface area (TPSA) is 70.1 Å². The van der Waals surface area contributed by atoms with Gasteiger partial charge in [-0.2, -0.15) is 5.10 Å². The highest BCUT2D eigenvalue weighted by Gasteiger charge is 2.17. The Labute approximate surface area is 109 Å². The van der Waals surface area contributed by atoms with Gasteiger partial charge in [-0.1, -0.05) is 12.1 Å². The standard InChI is InChI=1S/C13H14FN3O2/c1-2-19-13(18)11-8-16-17(12(11)15)10-5-3-4-9(6-10)7-14/h3-6,8H,2,7,15H2,1H3. The molecule has 100 valence electrons. The normalized spacial score (nSPS) is 10.4. The van der Waals surface area contributed by atoms with Gasteiger partial charge < -0.3 is 10.5 Å². The van der Waals surface area contributed by atoms with Gasteiger partial charge in [0.05, 0.1) is 18.5 Å². The molecule has 1 heterocycles. The van der Waals surface area contributed by atoms with E-state index in [0.717, 1.165) is 0 Å². The number of nitrogens with zero attached hydrogens (tertiary/aromatic N) is 2. The van der Waals surface area contributed by atoms with E-state index in [0.29, 0.717) is 11.3 Å². The van der Waals surface area contributed by atoms with E-state index < -0.39 is 12.6 Å². The Balaban J connectivity index is 2.38. The molecule has 1 aromatic carbocycles. The summed E-state index contributed by atoms with van der Waals surface area (Å²) in [4.78, 5) is 11.6. The zero-order chi connectivity index (χ0) is 13.8. The van der Waals surface area contributed by atoms with Gasteiger partial charge in [-0.15, -0.1) is 0 Å². The monoisotopic (exact) mass is 263 g/mol. The molecule has 0 unspecified atom stereocenters. The molecule has 2 rings (SSSR count). The number of nitrogen functional groups attached to an aromatic ring is 1. The quantitative estimate of drug-likeness (QED) is 0.857. The average molecular weight is 263 g/mol. The molecule has 0 aliphatic heterocycles. The van der Waals surface area contributed by atoms with Crippen molar-refractivity contribution in [1.82, 2.24) is 9.78 Å². The first kappa shape index (κ1) is 13.1. The molecule has 5 nitrogen and oxygen atoms in total. The van der Waals surface area contributed by atoms with Crippen LogP contribution >= 0.6 is 0 Å². The largest absolute Gasteiger partial charge is 0.462 e. The molecule has 19 heavy (non-hydrogen) atoms. The Hall–Kier alpha value is -2.37. The van der Waals surface area contributed by atoms with Crippen molar-refractivity contribution in [2.24, 2.45) is 0 Å². The lowest BCUT2D eigenvalue weighted by atomic mass is 10.2. The Morgan fingerprint density at radius 1 is 1.53 bits per heavy atom. The van der Waals surface area contributed by atoms with E-state index in [9.17, 15) is 9.18 Å². The maximum atomic E-state index is 12.6. The Morgan fingerprint density at radius 3 is 3.00 bits per heavy atom. The minimum absolute atomic E-state index is 0.175. The van der Waals surface area contributed by atoms with Crippen LogP contribution < -0.4 is 5.73 Å². The van der Waals surface area contributed by atoms with E-state index in [-0.39, 0.29) is 18.0 Å². The molecular weight excluding hydrogens is 249 g/mol. The summed E-state index contributed by atoms with van der Waals surface area (Å²) in [6.07, 6.45) is 1.34.